The Labute approximate surface area is 291 Å². The highest BCUT2D eigenvalue weighted by Gasteiger charge is 2.33. The third-order valence-electron chi connectivity index (χ3n) is 7.94. The van der Waals surface area contributed by atoms with Gasteiger partial charge in [-0.2, -0.15) is 27.0 Å². The molecule has 4 aromatic carbocycles. The number of rotatable bonds is 9. The van der Waals surface area contributed by atoms with Crippen LogP contribution in [0.5, 0.6) is 11.5 Å². The molecule has 0 amide bonds. The summed E-state index contributed by atoms with van der Waals surface area (Å²) in [5.74, 6) is -0.476. The van der Waals surface area contributed by atoms with Gasteiger partial charge in [0.05, 0.1) is 36.8 Å². The number of benzene rings is 4. The molecule has 0 aromatic heterocycles. The first-order valence-corrected chi connectivity index (χ1v) is 17.6. The van der Waals surface area contributed by atoms with Crippen LogP contribution in [0.1, 0.15) is 27.0 Å². The van der Waals surface area contributed by atoms with E-state index in [1.165, 1.54) is 20.3 Å². The summed E-state index contributed by atoms with van der Waals surface area (Å²) in [6, 6.07) is 18.2. The van der Waals surface area contributed by atoms with Crippen molar-refractivity contribution in [3.05, 3.63) is 101 Å². The summed E-state index contributed by atoms with van der Waals surface area (Å²) >= 11 is 0. The third kappa shape index (κ3) is 6.73. The number of carbonyl (C=O) groups is 2. The lowest BCUT2D eigenvalue weighted by Crippen LogP contribution is -2.23. The highest BCUT2D eigenvalue weighted by molar-refractivity contribution is 7.86. The van der Waals surface area contributed by atoms with Crippen LogP contribution in [0.4, 0.5) is 17.1 Å². The van der Waals surface area contributed by atoms with Gasteiger partial charge in [0.15, 0.2) is 0 Å². The van der Waals surface area contributed by atoms with Gasteiger partial charge in [0.2, 0.25) is 11.6 Å². The number of ether oxygens (including phenoxy) is 2. The zero-order valence-electron chi connectivity index (χ0n) is 26.6. The second kappa shape index (κ2) is 13.3. The molecule has 17 heteroatoms. The van der Waals surface area contributed by atoms with Crippen LogP contribution in [-0.4, -0.2) is 63.2 Å². The number of allylic oxidation sites excluding steroid dienone is 2. The summed E-state index contributed by atoms with van der Waals surface area (Å²) in [6.07, 6.45) is 5.46. The minimum Gasteiger partial charge on any atom is -0.494 e. The molecule has 0 radical (unpaired) electrons. The number of anilines is 3. The fourth-order valence-electron chi connectivity index (χ4n) is 5.47. The molecule has 15 nitrogen and oxygen atoms in total. The molecular formula is C34H27N5O10S2. The van der Waals surface area contributed by atoms with E-state index in [0.29, 0.717) is 40.1 Å². The molecule has 6 N–H and O–H groups in total. The average Bonchev–Trinajstić information content (AvgIpc) is 3.09. The molecule has 260 valence electrons. The second-order valence-electron chi connectivity index (χ2n) is 11.0. The summed E-state index contributed by atoms with van der Waals surface area (Å²) in [5, 5.41) is 8.46. The van der Waals surface area contributed by atoms with Gasteiger partial charge in [0.1, 0.15) is 32.7 Å². The first-order chi connectivity index (χ1) is 24.2. The van der Waals surface area contributed by atoms with E-state index in [1.54, 1.807) is 42.5 Å². The molecule has 51 heavy (non-hydrogen) atoms. The molecule has 6 rings (SSSR count). The minimum absolute atomic E-state index is 0.238. The van der Waals surface area contributed by atoms with Crippen LogP contribution < -0.4 is 26.1 Å². The van der Waals surface area contributed by atoms with Crippen molar-refractivity contribution < 1.29 is 45.0 Å². The second-order valence-corrected chi connectivity index (χ2v) is 13.8. The lowest BCUT2D eigenvalue weighted by molar-refractivity contribution is -0.108. The van der Waals surface area contributed by atoms with Crippen LogP contribution >= 0.6 is 0 Å². The number of nitrogens with zero attached hydrogens (tertiary/aromatic N) is 2. The number of fused-ring (bicyclic) bond motifs is 2. The molecular weight excluding hydrogens is 703 g/mol. The Morgan fingerprint density at radius 2 is 1.29 bits per heavy atom. The van der Waals surface area contributed by atoms with Crippen molar-refractivity contribution in [2.45, 2.75) is 9.79 Å². The molecule has 0 bridgehead atoms. The molecule has 0 heterocycles. The number of Topliss-reactive ketones (excluding diaryl/α,β-unsaturated/α-hetero) is 1. The smallest absolute Gasteiger partial charge is 0.296 e. The number of carbonyl (C=O) groups excluding carboxylic acids is 2. The standard InChI is InChI=1S/C34H27N5O10S2/c1-48-27-15-19(20-8-12-24(28(16-20)49-2)37-39-33-21-6-4-3-5-18(21)9-14-26(33)40)7-11-23(27)36-38-25-13-10-22-29(50(42,43)44)17-30(51(45,46)47)32(35)31(22)34(25)41/h3-17,36-37H,35H2,1-2H3,(H,42,43,44)(H,45,46,47)/b38-25+,39-33-. The number of hydrogen-bond donors (Lipinski definition) is 5. The summed E-state index contributed by atoms with van der Waals surface area (Å²) < 4.78 is 78.2. The Morgan fingerprint density at radius 1 is 0.706 bits per heavy atom. The van der Waals surface area contributed by atoms with Crippen molar-refractivity contribution in [1.82, 2.24) is 0 Å². The Balaban J connectivity index is 1.26. The maximum atomic E-state index is 13.4. The minimum atomic E-state index is -5.09. The zero-order chi connectivity index (χ0) is 36.7. The van der Waals surface area contributed by atoms with Crippen LogP contribution in [0.2, 0.25) is 0 Å². The molecule has 0 aliphatic heterocycles. The highest BCUT2D eigenvalue weighted by Crippen LogP contribution is 2.37. The predicted molar refractivity (Wildman–Crippen MR) is 191 cm³/mol. The summed E-state index contributed by atoms with van der Waals surface area (Å²) in [6.45, 7) is 0. The van der Waals surface area contributed by atoms with Crippen LogP contribution in [0.15, 0.2) is 98.9 Å². The number of ketones is 2. The Morgan fingerprint density at radius 3 is 1.88 bits per heavy atom. The van der Waals surface area contributed by atoms with Gasteiger partial charge in [-0.1, -0.05) is 48.6 Å². The van der Waals surface area contributed by atoms with E-state index in [0.717, 1.165) is 23.3 Å². The van der Waals surface area contributed by atoms with Gasteiger partial charge in [-0.25, -0.2) is 0 Å². The largest absolute Gasteiger partial charge is 0.494 e. The average molecular weight is 730 g/mol. The molecule has 0 atom stereocenters. The van der Waals surface area contributed by atoms with Gasteiger partial charge in [0.25, 0.3) is 20.2 Å². The summed E-state index contributed by atoms with van der Waals surface area (Å²) in [4.78, 5) is 23.9. The van der Waals surface area contributed by atoms with Gasteiger partial charge in [-0.05, 0) is 59.2 Å². The topological polar surface area (TPSA) is 236 Å². The number of hydrogen-bond acceptors (Lipinski definition) is 13. The normalized spacial score (nSPS) is 15.5. The summed E-state index contributed by atoms with van der Waals surface area (Å²) in [7, 11) is -7.22. The van der Waals surface area contributed by atoms with Gasteiger partial charge < -0.3 is 15.2 Å². The fraction of sp³-hybridized carbons (Fsp3) is 0.0588. The van der Waals surface area contributed by atoms with E-state index in [4.69, 9.17) is 15.2 Å². The van der Waals surface area contributed by atoms with E-state index in [2.05, 4.69) is 21.1 Å². The monoisotopic (exact) mass is 729 g/mol. The van der Waals surface area contributed by atoms with E-state index >= 15 is 0 Å². The van der Waals surface area contributed by atoms with Crippen molar-refractivity contribution in [2.75, 3.05) is 30.8 Å². The lowest BCUT2D eigenvalue weighted by Gasteiger charge is -2.18. The molecule has 0 unspecified atom stereocenters. The van der Waals surface area contributed by atoms with Crippen molar-refractivity contribution in [3.8, 4) is 22.6 Å². The van der Waals surface area contributed by atoms with E-state index in [-0.39, 0.29) is 22.8 Å². The SMILES string of the molecule is COc1cc(-c2ccc(N/N=C3\C=Cc4c(S(=O)(=O)O)cc(S(=O)(=O)O)c(N)c4C3=O)c(OC)c2)ccc1N/N=C1\C(=O)C=Cc2ccccc21. The predicted octanol–water partition coefficient (Wildman–Crippen LogP) is 4.54. The number of nitrogens with two attached hydrogens (primary N) is 1. The number of methoxy groups -OCH3 is 2. The number of hydrazone groups is 2. The van der Waals surface area contributed by atoms with Crippen molar-refractivity contribution in [2.24, 2.45) is 10.2 Å². The molecule has 2 aliphatic carbocycles. The lowest BCUT2D eigenvalue weighted by atomic mass is 9.93. The van der Waals surface area contributed by atoms with Gasteiger partial charge in [-0.3, -0.25) is 29.5 Å². The van der Waals surface area contributed by atoms with Crippen molar-refractivity contribution in [3.63, 3.8) is 0 Å². The van der Waals surface area contributed by atoms with E-state index in [1.807, 2.05) is 24.3 Å². The first-order valence-electron chi connectivity index (χ1n) is 14.7. The van der Waals surface area contributed by atoms with Gasteiger partial charge in [-0.15, -0.1) is 0 Å². The third-order valence-corrected chi connectivity index (χ3v) is 9.73. The molecule has 0 saturated heterocycles. The Bertz CT molecular complexity index is 2510. The summed E-state index contributed by atoms with van der Waals surface area (Å²) in [5.41, 5.74) is 13.6. The van der Waals surface area contributed by atoms with Crippen LogP contribution in [0.25, 0.3) is 23.3 Å². The van der Waals surface area contributed by atoms with Crippen molar-refractivity contribution in [1.29, 1.82) is 0 Å². The molecule has 0 saturated carbocycles. The first kappa shape index (κ1) is 34.7. The van der Waals surface area contributed by atoms with E-state index in [9.17, 15) is 35.5 Å². The van der Waals surface area contributed by atoms with Crippen molar-refractivity contribution >= 4 is 72.4 Å². The quantitative estimate of drug-likeness (QED) is 0.0905. The fourth-order valence-corrected chi connectivity index (χ4v) is 6.91. The molecule has 2 aliphatic rings. The maximum Gasteiger partial charge on any atom is 0.296 e. The number of nitrogen functional groups attached to an aromatic ring is 1. The van der Waals surface area contributed by atoms with Gasteiger partial charge >= 0.3 is 0 Å². The number of nitrogens with one attached hydrogen (secondary N) is 2. The molecule has 0 spiro atoms. The molecule has 4 aromatic rings. The zero-order valence-corrected chi connectivity index (χ0v) is 28.2. The van der Waals surface area contributed by atoms with Gasteiger partial charge in [0, 0.05) is 11.1 Å². The Hall–Kier alpha value is -6.14. The van der Waals surface area contributed by atoms with Crippen LogP contribution in [0.3, 0.4) is 0 Å². The maximum absolute atomic E-state index is 13.4. The van der Waals surface area contributed by atoms with Crippen LogP contribution in [-0.2, 0) is 25.0 Å². The highest BCUT2D eigenvalue weighted by atomic mass is 32.2. The van der Waals surface area contributed by atoms with E-state index < -0.39 is 47.1 Å². The Kier molecular flexibility index (Phi) is 9.05. The molecule has 0 fully saturated rings. The van der Waals surface area contributed by atoms with Crippen LogP contribution in [0, 0.1) is 0 Å².